The second-order valence-corrected chi connectivity index (χ2v) is 8.36. The van der Waals surface area contributed by atoms with Gasteiger partial charge >= 0.3 is 0 Å². The van der Waals surface area contributed by atoms with Gasteiger partial charge in [-0.1, -0.05) is 6.42 Å². The van der Waals surface area contributed by atoms with E-state index < -0.39 is 0 Å². The van der Waals surface area contributed by atoms with Crippen molar-refractivity contribution in [3.05, 3.63) is 17.7 Å². The highest BCUT2D eigenvalue weighted by Gasteiger charge is 2.53. The van der Waals surface area contributed by atoms with Gasteiger partial charge in [0.25, 0.3) is 0 Å². The Hall–Kier alpha value is -1.91. The molecular weight excluding hydrogens is 342 g/mol. The lowest BCUT2D eigenvalue weighted by molar-refractivity contribution is -0.122. The highest BCUT2D eigenvalue weighted by Crippen LogP contribution is 2.58. The number of hydrogen-bond donors (Lipinski definition) is 1. The highest BCUT2D eigenvalue weighted by atomic mass is 16.5. The Labute approximate surface area is 161 Å². The number of fused-ring (bicyclic) bond motifs is 5. The van der Waals surface area contributed by atoms with Crippen molar-refractivity contribution in [1.82, 2.24) is 5.32 Å². The SMILES string of the molecule is COc1cc(CCC(=O)NC2CC3CC2C2CCCC32)cc(OC)c1OC. The molecule has 3 aliphatic carbocycles. The number of carbonyl (C=O) groups is 1. The Bertz CT molecular complexity index is 679. The number of carbonyl (C=O) groups excluding carboxylic acids is 1. The van der Waals surface area contributed by atoms with Gasteiger partial charge < -0.3 is 19.5 Å². The zero-order chi connectivity index (χ0) is 19.0. The van der Waals surface area contributed by atoms with Gasteiger partial charge in [0.2, 0.25) is 11.7 Å². The normalized spacial score (nSPS) is 30.9. The first-order valence-corrected chi connectivity index (χ1v) is 10.2. The Kier molecular flexibility index (Phi) is 5.20. The molecule has 4 rings (SSSR count). The third-order valence-corrected chi connectivity index (χ3v) is 7.14. The number of methoxy groups -OCH3 is 3. The number of ether oxygens (including phenoxy) is 3. The highest BCUT2D eigenvalue weighted by molar-refractivity contribution is 5.76. The Balaban J connectivity index is 1.35. The molecule has 1 aromatic rings. The van der Waals surface area contributed by atoms with E-state index in [4.69, 9.17) is 14.2 Å². The second-order valence-electron chi connectivity index (χ2n) is 8.36. The van der Waals surface area contributed by atoms with E-state index >= 15 is 0 Å². The average Bonchev–Trinajstić information content (AvgIpc) is 3.38. The van der Waals surface area contributed by atoms with E-state index in [-0.39, 0.29) is 5.91 Å². The smallest absolute Gasteiger partial charge is 0.220 e. The monoisotopic (exact) mass is 373 g/mol. The van der Waals surface area contributed by atoms with Gasteiger partial charge in [-0.2, -0.15) is 0 Å². The Morgan fingerprint density at radius 3 is 2.37 bits per heavy atom. The molecule has 1 N–H and O–H groups in total. The molecule has 5 unspecified atom stereocenters. The van der Waals surface area contributed by atoms with Gasteiger partial charge in [-0.3, -0.25) is 4.79 Å². The van der Waals surface area contributed by atoms with Crippen molar-refractivity contribution < 1.29 is 19.0 Å². The Morgan fingerprint density at radius 1 is 1.00 bits per heavy atom. The molecule has 0 spiro atoms. The number of rotatable bonds is 7. The van der Waals surface area contributed by atoms with Crippen LogP contribution in [0.1, 0.15) is 44.1 Å². The van der Waals surface area contributed by atoms with Gasteiger partial charge in [-0.05, 0) is 73.5 Å². The molecule has 3 saturated carbocycles. The maximum absolute atomic E-state index is 12.6. The summed E-state index contributed by atoms with van der Waals surface area (Å²) in [5, 5.41) is 3.35. The van der Waals surface area contributed by atoms with Crippen molar-refractivity contribution in [2.24, 2.45) is 23.7 Å². The third-order valence-electron chi connectivity index (χ3n) is 7.14. The van der Waals surface area contributed by atoms with E-state index in [1.165, 1.54) is 32.1 Å². The lowest BCUT2D eigenvalue weighted by Crippen LogP contribution is -2.42. The first-order chi connectivity index (χ1) is 13.1. The molecule has 1 aromatic carbocycles. The summed E-state index contributed by atoms with van der Waals surface area (Å²) < 4.78 is 16.2. The molecule has 1 amide bonds. The lowest BCUT2D eigenvalue weighted by Gasteiger charge is -2.32. The molecule has 2 bridgehead atoms. The molecule has 3 aliphatic rings. The summed E-state index contributed by atoms with van der Waals surface area (Å²) in [6, 6.07) is 4.26. The summed E-state index contributed by atoms with van der Waals surface area (Å²) in [4.78, 5) is 12.6. The van der Waals surface area contributed by atoms with Crippen LogP contribution in [0.5, 0.6) is 17.2 Å². The van der Waals surface area contributed by atoms with E-state index in [0.29, 0.717) is 36.1 Å². The molecule has 5 atom stereocenters. The summed E-state index contributed by atoms with van der Waals surface area (Å²) in [7, 11) is 4.82. The molecule has 5 nitrogen and oxygen atoms in total. The van der Waals surface area contributed by atoms with Gasteiger partial charge in [0, 0.05) is 12.5 Å². The van der Waals surface area contributed by atoms with Gasteiger partial charge in [0.15, 0.2) is 11.5 Å². The Morgan fingerprint density at radius 2 is 1.70 bits per heavy atom. The predicted octanol–water partition coefficient (Wildman–Crippen LogP) is 3.59. The quantitative estimate of drug-likeness (QED) is 0.794. The zero-order valence-electron chi connectivity index (χ0n) is 16.6. The number of nitrogens with one attached hydrogen (secondary N) is 1. The van der Waals surface area contributed by atoms with Gasteiger partial charge in [0.05, 0.1) is 21.3 Å². The molecule has 0 radical (unpaired) electrons. The second kappa shape index (κ2) is 7.61. The van der Waals surface area contributed by atoms with Crippen LogP contribution in [-0.4, -0.2) is 33.3 Å². The minimum atomic E-state index is 0.163. The average molecular weight is 373 g/mol. The van der Waals surface area contributed by atoms with Crippen LogP contribution in [-0.2, 0) is 11.2 Å². The van der Waals surface area contributed by atoms with E-state index in [0.717, 1.165) is 29.2 Å². The fraction of sp³-hybridized carbons (Fsp3) is 0.682. The molecular formula is C22H31NO4. The van der Waals surface area contributed by atoms with Crippen LogP contribution in [0.25, 0.3) is 0 Å². The van der Waals surface area contributed by atoms with Crippen LogP contribution in [0.3, 0.4) is 0 Å². The summed E-state index contributed by atoms with van der Waals surface area (Å²) >= 11 is 0. The van der Waals surface area contributed by atoms with E-state index in [1.807, 2.05) is 12.1 Å². The van der Waals surface area contributed by atoms with Crippen molar-refractivity contribution in [2.45, 2.75) is 51.0 Å². The van der Waals surface area contributed by atoms with Crippen molar-refractivity contribution >= 4 is 5.91 Å². The summed E-state index contributed by atoms with van der Waals surface area (Å²) in [6.07, 6.45) is 7.88. The minimum Gasteiger partial charge on any atom is -0.493 e. The number of benzene rings is 1. The van der Waals surface area contributed by atoms with E-state index in [2.05, 4.69) is 5.32 Å². The largest absolute Gasteiger partial charge is 0.493 e. The molecule has 0 aliphatic heterocycles. The molecule has 3 fully saturated rings. The maximum atomic E-state index is 12.6. The van der Waals surface area contributed by atoms with Gasteiger partial charge in [-0.25, -0.2) is 0 Å². The summed E-state index contributed by atoms with van der Waals surface area (Å²) in [5.41, 5.74) is 1.02. The number of aryl methyl sites for hydroxylation is 1. The lowest BCUT2D eigenvalue weighted by atomic mass is 9.79. The maximum Gasteiger partial charge on any atom is 0.220 e. The van der Waals surface area contributed by atoms with Crippen LogP contribution >= 0.6 is 0 Å². The molecule has 27 heavy (non-hydrogen) atoms. The number of amides is 1. The third kappa shape index (κ3) is 3.37. The van der Waals surface area contributed by atoms with Crippen molar-refractivity contribution in [3.8, 4) is 17.2 Å². The zero-order valence-corrected chi connectivity index (χ0v) is 16.6. The number of hydrogen-bond acceptors (Lipinski definition) is 4. The molecule has 0 saturated heterocycles. The van der Waals surface area contributed by atoms with Crippen molar-refractivity contribution in [3.63, 3.8) is 0 Å². The van der Waals surface area contributed by atoms with Crippen LogP contribution in [0, 0.1) is 23.7 Å². The van der Waals surface area contributed by atoms with Crippen molar-refractivity contribution in [1.29, 1.82) is 0 Å². The van der Waals surface area contributed by atoms with Crippen LogP contribution < -0.4 is 19.5 Å². The topological polar surface area (TPSA) is 56.8 Å². The van der Waals surface area contributed by atoms with E-state index in [1.54, 1.807) is 21.3 Å². The molecule has 0 heterocycles. The van der Waals surface area contributed by atoms with Gasteiger partial charge in [0.1, 0.15) is 0 Å². The van der Waals surface area contributed by atoms with E-state index in [9.17, 15) is 4.79 Å². The molecule has 0 aromatic heterocycles. The standard InChI is InChI=1S/C22H31NO4/c1-25-19-9-13(10-20(26-2)22(19)27-3)7-8-21(24)23-18-12-14-11-17(18)16-6-4-5-15(14)16/h9-10,14-18H,4-8,11-12H2,1-3H3,(H,23,24). The fourth-order valence-corrected chi connectivity index (χ4v) is 6.05. The molecule has 148 valence electrons. The fourth-order valence-electron chi connectivity index (χ4n) is 6.05. The first-order valence-electron chi connectivity index (χ1n) is 10.2. The minimum absolute atomic E-state index is 0.163. The summed E-state index contributed by atoms with van der Waals surface area (Å²) in [5.74, 6) is 5.44. The van der Waals surface area contributed by atoms with Crippen LogP contribution in [0.15, 0.2) is 12.1 Å². The summed E-state index contributed by atoms with van der Waals surface area (Å²) in [6.45, 7) is 0. The predicted molar refractivity (Wildman–Crippen MR) is 103 cm³/mol. The van der Waals surface area contributed by atoms with Crippen LogP contribution in [0.4, 0.5) is 0 Å². The van der Waals surface area contributed by atoms with Crippen molar-refractivity contribution in [2.75, 3.05) is 21.3 Å². The van der Waals surface area contributed by atoms with Crippen LogP contribution in [0.2, 0.25) is 0 Å². The van der Waals surface area contributed by atoms with Gasteiger partial charge in [-0.15, -0.1) is 0 Å². The molecule has 5 heteroatoms. The first kappa shape index (κ1) is 18.5.